The zero-order chi connectivity index (χ0) is 30.8. The minimum absolute atomic E-state index is 0.0977. The maximum absolute atomic E-state index is 15.6. The van der Waals surface area contributed by atoms with E-state index in [1.807, 2.05) is 4.72 Å². The van der Waals surface area contributed by atoms with Crippen molar-refractivity contribution >= 4 is 32.7 Å². The number of piperidine rings is 1. The standard InChI is InChI=1S/C29H28F4N6O4S/c30-18-9-19(13-34-12-18)36-29-35-11-17-8-22(28(37-27(17)38-29)43-20-6-7-42-14-20)21-10-23(31)26(25(33)24(21)32)39-44(40,41)15-16-4-2-1-3-5-16/h1-5,8,10-11,18-20,34,39H,6-7,9,12-15H2,(H,35,36,37,38)/t18-,19-,20?/m0/s1. The lowest BCUT2D eigenvalue weighted by molar-refractivity contribution is 0.138. The van der Waals surface area contributed by atoms with Crippen molar-refractivity contribution in [3.63, 3.8) is 0 Å². The molecule has 4 heterocycles. The van der Waals surface area contributed by atoms with E-state index in [4.69, 9.17) is 9.47 Å². The van der Waals surface area contributed by atoms with E-state index in [1.165, 1.54) is 24.4 Å². The molecule has 232 valence electrons. The maximum Gasteiger partial charge on any atom is 0.237 e. The summed E-state index contributed by atoms with van der Waals surface area (Å²) in [5.74, 6) is -5.12. The monoisotopic (exact) mass is 632 g/mol. The van der Waals surface area contributed by atoms with Crippen molar-refractivity contribution in [2.45, 2.75) is 36.9 Å². The Kier molecular flexibility index (Phi) is 8.51. The molecule has 2 aliphatic heterocycles. The van der Waals surface area contributed by atoms with E-state index in [9.17, 15) is 12.8 Å². The lowest BCUT2D eigenvalue weighted by Gasteiger charge is -2.26. The Morgan fingerprint density at radius 2 is 1.86 bits per heavy atom. The van der Waals surface area contributed by atoms with Gasteiger partial charge in [0.25, 0.3) is 0 Å². The van der Waals surface area contributed by atoms with Crippen molar-refractivity contribution < 1.29 is 35.5 Å². The first kappa shape index (κ1) is 30.0. The molecule has 2 aromatic carbocycles. The summed E-state index contributed by atoms with van der Waals surface area (Å²) in [7, 11) is -4.29. The van der Waals surface area contributed by atoms with Crippen LogP contribution in [0.15, 0.2) is 48.7 Å². The first-order valence-electron chi connectivity index (χ1n) is 13.9. The molecule has 1 unspecified atom stereocenters. The molecule has 0 radical (unpaired) electrons. The molecule has 0 amide bonds. The Morgan fingerprint density at radius 1 is 1.05 bits per heavy atom. The number of fused-ring (bicyclic) bond motifs is 1. The summed E-state index contributed by atoms with van der Waals surface area (Å²) in [4.78, 5) is 13.1. The third kappa shape index (κ3) is 6.69. The normalized spacial score (nSPS) is 20.5. The van der Waals surface area contributed by atoms with E-state index in [2.05, 4.69) is 25.6 Å². The van der Waals surface area contributed by atoms with Crippen LogP contribution in [0.1, 0.15) is 18.4 Å². The zero-order valence-electron chi connectivity index (χ0n) is 23.2. The Labute approximate surface area is 250 Å². The third-order valence-corrected chi connectivity index (χ3v) is 8.46. The Bertz CT molecular complexity index is 1780. The summed E-state index contributed by atoms with van der Waals surface area (Å²) in [6, 6.07) is 9.80. The quantitative estimate of drug-likeness (QED) is 0.183. The molecule has 0 saturated carbocycles. The van der Waals surface area contributed by atoms with Gasteiger partial charge in [0.05, 0.1) is 19.0 Å². The second-order valence-corrected chi connectivity index (χ2v) is 12.4. The van der Waals surface area contributed by atoms with Gasteiger partial charge in [-0.2, -0.15) is 9.97 Å². The van der Waals surface area contributed by atoms with Gasteiger partial charge in [-0.1, -0.05) is 30.3 Å². The average Bonchev–Trinajstić information content (AvgIpc) is 3.50. The number of pyridine rings is 1. The SMILES string of the molecule is O=S(=O)(Cc1ccccc1)Nc1c(F)cc(-c2cc3cnc(N[C@@H]4CNC[C@@H](F)C4)nc3nc2OC2CCOC2)c(F)c1F. The van der Waals surface area contributed by atoms with E-state index >= 15 is 13.2 Å². The Morgan fingerprint density at radius 3 is 2.61 bits per heavy atom. The van der Waals surface area contributed by atoms with Crippen LogP contribution in [0.4, 0.5) is 29.2 Å². The second-order valence-electron chi connectivity index (χ2n) is 10.6. The average molecular weight is 633 g/mol. The molecule has 0 aliphatic carbocycles. The molecule has 2 fully saturated rings. The van der Waals surface area contributed by atoms with Crippen LogP contribution in [0.5, 0.6) is 5.88 Å². The fourth-order valence-corrected chi connectivity index (χ4v) is 6.32. The van der Waals surface area contributed by atoms with Crippen molar-refractivity contribution in [3.05, 3.63) is 71.7 Å². The summed E-state index contributed by atoms with van der Waals surface area (Å²) in [6.07, 6.45) is 0.684. The van der Waals surface area contributed by atoms with Gasteiger partial charge in [-0.3, -0.25) is 4.72 Å². The van der Waals surface area contributed by atoms with Gasteiger partial charge in [-0.05, 0) is 17.7 Å². The molecule has 2 aliphatic rings. The molecule has 2 saturated heterocycles. The van der Waals surface area contributed by atoms with Crippen LogP contribution in [0, 0.1) is 17.5 Å². The van der Waals surface area contributed by atoms with Crippen LogP contribution in [-0.4, -0.2) is 68.0 Å². The number of nitrogens with one attached hydrogen (secondary N) is 3. The molecule has 0 spiro atoms. The zero-order valence-corrected chi connectivity index (χ0v) is 24.0. The molecule has 2 aromatic heterocycles. The van der Waals surface area contributed by atoms with Gasteiger partial charge in [0.2, 0.25) is 21.9 Å². The number of hydrogen-bond acceptors (Lipinski definition) is 9. The number of nitrogens with zero attached hydrogens (tertiary/aromatic N) is 3. The van der Waals surface area contributed by atoms with Gasteiger partial charge in [0.15, 0.2) is 23.1 Å². The lowest BCUT2D eigenvalue weighted by Crippen LogP contribution is -2.44. The van der Waals surface area contributed by atoms with Crippen molar-refractivity contribution in [2.24, 2.45) is 0 Å². The second kappa shape index (κ2) is 12.5. The first-order valence-corrected chi connectivity index (χ1v) is 15.6. The third-order valence-electron chi connectivity index (χ3n) is 7.24. The van der Waals surface area contributed by atoms with Gasteiger partial charge < -0.3 is 20.1 Å². The fraction of sp³-hybridized carbons (Fsp3) is 0.345. The molecule has 6 rings (SSSR count). The highest BCUT2D eigenvalue weighted by Crippen LogP contribution is 2.38. The number of benzene rings is 2. The topological polar surface area (TPSA) is 127 Å². The predicted molar refractivity (Wildman–Crippen MR) is 155 cm³/mol. The van der Waals surface area contributed by atoms with E-state index in [0.29, 0.717) is 36.6 Å². The largest absolute Gasteiger partial charge is 0.471 e. The highest BCUT2D eigenvalue weighted by atomic mass is 32.2. The van der Waals surface area contributed by atoms with Crippen molar-refractivity contribution in [3.8, 4) is 17.0 Å². The van der Waals surface area contributed by atoms with Crippen molar-refractivity contribution in [1.82, 2.24) is 20.3 Å². The van der Waals surface area contributed by atoms with E-state index < -0.39 is 56.8 Å². The Balaban J connectivity index is 1.35. The van der Waals surface area contributed by atoms with Gasteiger partial charge in [-0.15, -0.1) is 0 Å². The fourth-order valence-electron chi connectivity index (χ4n) is 5.12. The molecule has 3 N–H and O–H groups in total. The lowest BCUT2D eigenvalue weighted by atomic mass is 10.0. The number of alkyl halides is 1. The highest BCUT2D eigenvalue weighted by molar-refractivity contribution is 7.91. The minimum atomic E-state index is -4.29. The molecule has 3 atom stereocenters. The Hall–Kier alpha value is -4.08. The number of anilines is 2. The number of halogens is 4. The van der Waals surface area contributed by atoms with Gasteiger partial charge in [-0.25, -0.2) is 31.0 Å². The molecule has 0 bridgehead atoms. The smallest absolute Gasteiger partial charge is 0.237 e. The molecular weight excluding hydrogens is 604 g/mol. The number of rotatable bonds is 9. The molecule has 10 nitrogen and oxygen atoms in total. The van der Waals surface area contributed by atoms with Gasteiger partial charge in [0, 0.05) is 54.7 Å². The van der Waals surface area contributed by atoms with Crippen molar-refractivity contribution in [1.29, 1.82) is 0 Å². The van der Waals surface area contributed by atoms with Crippen LogP contribution in [0.2, 0.25) is 0 Å². The van der Waals surface area contributed by atoms with E-state index in [-0.39, 0.29) is 48.7 Å². The van der Waals surface area contributed by atoms with Crippen molar-refractivity contribution in [2.75, 3.05) is 36.3 Å². The molecule has 15 heteroatoms. The first-order chi connectivity index (χ1) is 21.1. The van der Waals surface area contributed by atoms with Crippen LogP contribution >= 0.6 is 0 Å². The summed E-state index contributed by atoms with van der Waals surface area (Å²) in [5.41, 5.74) is -1.26. The van der Waals surface area contributed by atoms with Crippen LogP contribution < -0.4 is 20.1 Å². The number of sulfonamides is 1. The minimum Gasteiger partial charge on any atom is -0.471 e. The summed E-state index contributed by atoms with van der Waals surface area (Å²) in [6.45, 7) is 1.43. The molecule has 44 heavy (non-hydrogen) atoms. The summed E-state index contributed by atoms with van der Waals surface area (Å²) < 4.78 is 98.6. The number of hydrogen-bond donors (Lipinski definition) is 3. The van der Waals surface area contributed by atoms with E-state index in [0.717, 1.165) is 0 Å². The highest BCUT2D eigenvalue weighted by Gasteiger charge is 2.28. The maximum atomic E-state index is 15.6. The predicted octanol–water partition coefficient (Wildman–Crippen LogP) is 4.33. The van der Waals surface area contributed by atoms with Crippen LogP contribution in [-0.2, 0) is 20.5 Å². The van der Waals surface area contributed by atoms with Crippen LogP contribution in [0.25, 0.3) is 22.2 Å². The van der Waals surface area contributed by atoms with Gasteiger partial charge >= 0.3 is 0 Å². The number of aromatic nitrogens is 3. The summed E-state index contributed by atoms with van der Waals surface area (Å²) >= 11 is 0. The summed E-state index contributed by atoms with van der Waals surface area (Å²) in [5, 5.41) is 6.35. The van der Waals surface area contributed by atoms with Gasteiger partial charge in [0.1, 0.15) is 18.0 Å². The molecular formula is C29H28F4N6O4S. The number of ether oxygens (including phenoxy) is 2. The molecule has 4 aromatic rings. The van der Waals surface area contributed by atoms with Crippen LogP contribution in [0.3, 0.4) is 0 Å². The van der Waals surface area contributed by atoms with E-state index in [1.54, 1.807) is 18.2 Å².